The third-order valence-electron chi connectivity index (χ3n) is 4.36. The van der Waals surface area contributed by atoms with Gasteiger partial charge in [-0.25, -0.2) is 0 Å². The first-order chi connectivity index (χ1) is 13.4. The summed E-state index contributed by atoms with van der Waals surface area (Å²) in [4.78, 5) is 0. The van der Waals surface area contributed by atoms with E-state index in [9.17, 15) is 0 Å². The van der Waals surface area contributed by atoms with Crippen LogP contribution in [0.5, 0.6) is 0 Å². The predicted molar refractivity (Wildman–Crippen MR) is 133 cm³/mol. The van der Waals surface area contributed by atoms with E-state index in [4.69, 9.17) is 0 Å². The molecule has 1 heterocycles. The summed E-state index contributed by atoms with van der Waals surface area (Å²) in [7, 11) is 7.63. The van der Waals surface area contributed by atoms with Crippen LogP contribution in [0.4, 0.5) is 0 Å². The van der Waals surface area contributed by atoms with Gasteiger partial charge in [0.05, 0.1) is 0 Å². The molecular formula is C20H38N2S5. The minimum absolute atomic E-state index is 1.13. The highest BCUT2D eigenvalue weighted by molar-refractivity contribution is 8.78. The van der Waals surface area contributed by atoms with Crippen LogP contribution >= 0.6 is 54.7 Å². The average molecular weight is 467 g/mol. The van der Waals surface area contributed by atoms with E-state index in [1.54, 1.807) is 11.5 Å². The van der Waals surface area contributed by atoms with Crippen molar-refractivity contribution in [1.29, 1.82) is 0 Å². The molecule has 0 aromatic carbocycles. The van der Waals surface area contributed by atoms with Crippen molar-refractivity contribution in [3.05, 3.63) is 0 Å². The van der Waals surface area contributed by atoms with Crippen molar-refractivity contribution in [2.45, 2.75) is 113 Å². The van der Waals surface area contributed by atoms with E-state index in [1.165, 1.54) is 106 Å². The van der Waals surface area contributed by atoms with Crippen molar-refractivity contribution in [2.75, 3.05) is 11.5 Å². The van der Waals surface area contributed by atoms with Crippen molar-refractivity contribution in [3.8, 4) is 0 Å². The third-order valence-corrected chi connectivity index (χ3v) is 10.6. The largest absolute Gasteiger partial charge is 0.156 e. The Morgan fingerprint density at radius 3 is 1.67 bits per heavy atom. The van der Waals surface area contributed by atoms with Gasteiger partial charge in [0.2, 0.25) is 0 Å². The number of nitrogens with zero attached hydrogens (tertiary/aromatic N) is 2. The van der Waals surface area contributed by atoms with Gasteiger partial charge in [0.15, 0.2) is 5.03 Å². The second-order valence-corrected chi connectivity index (χ2v) is 12.8. The van der Waals surface area contributed by atoms with Crippen LogP contribution in [0.3, 0.4) is 0 Å². The van der Waals surface area contributed by atoms with Crippen LogP contribution in [0.2, 0.25) is 0 Å². The Bertz CT molecular complexity index is 392. The first kappa shape index (κ1) is 26.0. The van der Waals surface area contributed by atoms with Crippen LogP contribution in [0.15, 0.2) is 9.24 Å². The smallest absolute Gasteiger partial charge is 0.129 e. The van der Waals surface area contributed by atoms with E-state index in [0.717, 1.165) is 5.03 Å². The molecule has 0 aliphatic carbocycles. The van der Waals surface area contributed by atoms with Gasteiger partial charge < -0.3 is 0 Å². The van der Waals surface area contributed by atoms with Crippen LogP contribution in [-0.4, -0.2) is 21.1 Å². The average Bonchev–Trinajstić information content (AvgIpc) is 3.12. The molecule has 7 heteroatoms. The zero-order chi connectivity index (χ0) is 19.4. The Balaban J connectivity index is 1.96. The molecule has 0 saturated heterocycles. The van der Waals surface area contributed by atoms with Gasteiger partial charge in [-0.15, -0.1) is 5.10 Å². The highest BCUT2D eigenvalue weighted by Crippen LogP contribution is 2.43. The van der Waals surface area contributed by atoms with Gasteiger partial charge in [-0.2, -0.15) is 0 Å². The molecule has 1 aromatic rings. The lowest BCUT2D eigenvalue weighted by molar-refractivity contribution is 0.604. The minimum Gasteiger partial charge on any atom is -0.129 e. The number of hydrogen-bond acceptors (Lipinski definition) is 7. The molecule has 0 radical (unpaired) electrons. The highest BCUT2D eigenvalue weighted by atomic mass is 33.1. The molecule has 0 N–H and O–H groups in total. The first-order valence-electron chi connectivity index (χ1n) is 10.8. The molecule has 0 fully saturated rings. The monoisotopic (exact) mass is 466 g/mol. The molecule has 0 aliphatic rings. The molecule has 0 amide bonds. The molecule has 0 unspecified atom stereocenters. The van der Waals surface area contributed by atoms with Gasteiger partial charge in [-0.1, -0.05) is 117 Å². The van der Waals surface area contributed by atoms with Crippen molar-refractivity contribution in [3.63, 3.8) is 0 Å². The molecule has 0 spiro atoms. The van der Waals surface area contributed by atoms with Crippen LogP contribution in [0.1, 0.15) is 104 Å². The maximum Gasteiger partial charge on any atom is 0.156 e. The molecule has 158 valence electrons. The molecule has 1 aromatic heterocycles. The zero-order valence-corrected chi connectivity index (χ0v) is 21.3. The van der Waals surface area contributed by atoms with E-state index in [1.807, 2.05) is 43.2 Å². The van der Waals surface area contributed by atoms with Gasteiger partial charge in [-0.05, 0) is 46.0 Å². The van der Waals surface area contributed by atoms with Gasteiger partial charge >= 0.3 is 0 Å². The SMILES string of the molecule is CCCCCCCCCSSc1nnsc1SSCCCCCCCCC. The van der Waals surface area contributed by atoms with Crippen molar-refractivity contribution in [1.82, 2.24) is 9.59 Å². The van der Waals surface area contributed by atoms with Gasteiger partial charge in [-0.3, -0.25) is 0 Å². The molecule has 0 bridgehead atoms. The predicted octanol–water partition coefficient (Wildman–Crippen LogP) is 9.52. The molecule has 0 saturated carbocycles. The summed E-state index contributed by atoms with van der Waals surface area (Å²) in [6, 6.07) is 0. The fourth-order valence-corrected chi connectivity index (χ4v) is 8.70. The number of aromatic nitrogens is 2. The van der Waals surface area contributed by atoms with E-state index in [2.05, 4.69) is 23.4 Å². The lowest BCUT2D eigenvalue weighted by atomic mass is 10.1. The summed E-state index contributed by atoms with van der Waals surface area (Å²) in [6.45, 7) is 4.56. The molecule has 2 nitrogen and oxygen atoms in total. The van der Waals surface area contributed by atoms with Crippen molar-refractivity contribution in [2.24, 2.45) is 0 Å². The number of hydrogen-bond donors (Lipinski definition) is 0. The standard InChI is InChI=1S/C20H38N2S5/c1-3-5-7-9-11-13-15-17-23-26-19-20(25-22-21-19)27-24-18-16-14-12-10-8-6-4-2/h3-18H2,1-2H3. The topological polar surface area (TPSA) is 25.8 Å². The van der Waals surface area contributed by atoms with Crippen molar-refractivity contribution >= 4 is 54.7 Å². The maximum absolute atomic E-state index is 4.32. The molecule has 27 heavy (non-hydrogen) atoms. The summed E-state index contributed by atoms with van der Waals surface area (Å²) in [5.41, 5.74) is 0. The summed E-state index contributed by atoms with van der Waals surface area (Å²) < 4.78 is 5.45. The van der Waals surface area contributed by atoms with Crippen LogP contribution in [-0.2, 0) is 0 Å². The van der Waals surface area contributed by atoms with Gasteiger partial charge in [0, 0.05) is 11.5 Å². The summed E-state index contributed by atoms with van der Waals surface area (Å²) in [6.07, 6.45) is 19.4. The fraction of sp³-hybridized carbons (Fsp3) is 0.900. The van der Waals surface area contributed by atoms with E-state index in [-0.39, 0.29) is 0 Å². The Labute approximate surface area is 187 Å². The van der Waals surface area contributed by atoms with Crippen LogP contribution in [0, 0.1) is 0 Å². The van der Waals surface area contributed by atoms with Crippen LogP contribution in [0.25, 0.3) is 0 Å². The van der Waals surface area contributed by atoms with E-state index >= 15 is 0 Å². The summed E-state index contributed by atoms with van der Waals surface area (Å²) in [5.74, 6) is 2.47. The van der Waals surface area contributed by atoms with E-state index in [0.29, 0.717) is 0 Å². The van der Waals surface area contributed by atoms with Crippen molar-refractivity contribution < 1.29 is 0 Å². The first-order valence-corrected chi connectivity index (χ1v) is 16.2. The Morgan fingerprint density at radius 2 is 1.11 bits per heavy atom. The number of unbranched alkanes of at least 4 members (excludes halogenated alkanes) is 12. The lowest BCUT2D eigenvalue weighted by Gasteiger charge is -2.03. The molecular weight excluding hydrogens is 429 g/mol. The third kappa shape index (κ3) is 15.5. The second-order valence-electron chi connectivity index (χ2n) is 6.92. The second kappa shape index (κ2) is 20.2. The quantitative estimate of drug-likeness (QED) is 0.140. The highest BCUT2D eigenvalue weighted by Gasteiger charge is 2.10. The minimum atomic E-state index is 1.13. The Hall–Kier alpha value is 0.960. The van der Waals surface area contributed by atoms with Gasteiger partial charge in [0.1, 0.15) is 4.21 Å². The fourth-order valence-electron chi connectivity index (χ4n) is 2.70. The Morgan fingerprint density at radius 1 is 0.630 bits per heavy atom. The summed E-state index contributed by atoms with van der Waals surface area (Å²) in [5, 5.41) is 5.45. The normalized spacial score (nSPS) is 11.3. The molecule has 0 aliphatic heterocycles. The maximum atomic E-state index is 4.32. The molecule has 0 atom stereocenters. The Kier molecular flexibility index (Phi) is 19.5. The zero-order valence-electron chi connectivity index (χ0n) is 17.2. The molecule has 1 rings (SSSR count). The van der Waals surface area contributed by atoms with E-state index < -0.39 is 0 Å². The lowest BCUT2D eigenvalue weighted by Crippen LogP contribution is -1.82. The number of rotatable bonds is 20. The van der Waals surface area contributed by atoms with Gasteiger partial charge in [0.25, 0.3) is 0 Å². The summed E-state index contributed by atoms with van der Waals surface area (Å²) >= 11 is 1.55. The van der Waals surface area contributed by atoms with Crippen LogP contribution < -0.4 is 0 Å².